The smallest absolute Gasteiger partial charge is 0.258 e. The molecule has 0 atom stereocenters. The number of hydrogen-bond acceptors (Lipinski definition) is 4. The van der Waals surface area contributed by atoms with Crippen LogP contribution in [-0.2, 0) is 9.59 Å². The first kappa shape index (κ1) is 22.3. The van der Waals surface area contributed by atoms with Crippen LogP contribution in [0.2, 0.25) is 0 Å². The Morgan fingerprint density at radius 3 is 2.48 bits per heavy atom. The standard InChI is InChI=1S/C24H29N3O4/c1-16-6-4-9-22(17(16)2)31-15-23(29)26-20-10-12-27(13-11-20)24(30)19-7-5-8-21(14-19)25-18(3)28/h4-9,14,20H,10-13,15H2,1-3H3,(H,25,28)(H,26,29). The molecule has 1 fully saturated rings. The third-order valence-corrected chi connectivity index (χ3v) is 5.49. The first-order chi connectivity index (χ1) is 14.8. The van der Waals surface area contributed by atoms with Crippen LogP contribution in [0.1, 0.15) is 41.3 Å². The van der Waals surface area contributed by atoms with Crippen LogP contribution in [0.4, 0.5) is 5.69 Å². The van der Waals surface area contributed by atoms with E-state index in [9.17, 15) is 14.4 Å². The highest BCUT2D eigenvalue weighted by Gasteiger charge is 2.25. The number of rotatable bonds is 6. The summed E-state index contributed by atoms with van der Waals surface area (Å²) in [4.78, 5) is 38.1. The van der Waals surface area contributed by atoms with E-state index in [0.29, 0.717) is 37.2 Å². The van der Waals surface area contributed by atoms with Crippen LogP contribution in [0.5, 0.6) is 5.75 Å². The van der Waals surface area contributed by atoms with Gasteiger partial charge in [0.1, 0.15) is 5.75 Å². The van der Waals surface area contributed by atoms with Gasteiger partial charge in [-0.25, -0.2) is 0 Å². The molecule has 2 aromatic rings. The Balaban J connectivity index is 1.47. The molecule has 3 amide bonds. The SMILES string of the molecule is CC(=O)Nc1cccc(C(=O)N2CCC(NC(=O)COc3cccc(C)c3C)CC2)c1. The van der Waals surface area contributed by atoms with Crippen molar-refractivity contribution < 1.29 is 19.1 Å². The normalized spacial score (nSPS) is 14.1. The van der Waals surface area contributed by atoms with Gasteiger partial charge in [0.05, 0.1) is 0 Å². The summed E-state index contributed by atoms with van der Waals surface area (Å²) in [6.45, 7) is 6.51. The molecule has 1 aliphatic heterocycles. The Kier molecular flexibility index (Phi) is 7.28. The van der Waals surface area contributed by atoms with Crippen LogP contribution < -0.4 is 15.4 Å². The number of carbonyl (C=O) groups excluding carboxylic acids is 3. The molecule has 3 rings (SSSR count). The van der Waals surface area contributed by atoms with Gasteiger partial charge in [0.15, 0.2) is 6.61 Å². The fraction of sp³-hybridized carbons (Fsp3) is 0.375. The van der Waals surface area contributed by atoms with Gasteiger partial charge in [-0.1, -0.05) is 18.2 Å². The highest BCUT2D eigenvalue weighted by molar-refractivity contribution is 5.96. The number of piperidine rings is 1. The van der Waals surface area contributed by atoms with E-state index in [1.165, 1.54) is 6.92 Å². The van der Waals surface area contributed by atoms with Crippen molar-refractivity contribution in [2.75, 3.05) is 25.0 Å². The number of aryl methyl sites for hydroxylation is 1. The highest BCUT2D eigenvalue weighted by Crippen LogP contribution is 2.20. The quantitative estimate of drug-likeness (QED) is 0.748. The molecule has 2 aromatic carbocycles. The number of carbonyl (C=O) groups is 3. The molecule has 0 radical (unpaired) electrons. The molecule has 0 unspecified atom stereocenters. The summed E-state index contributed by atoms with van der Waals surface area (Å²) in [7, 11) is 0. The molecule has 1 saturated heterocycles. The van der Waals surface area contributed by atoms with Gasteiger partial charge < -0.3 is 20.3 Å². The van der Waals surface area contributed by atoms with Gasteiger partial charge in [0.25, 0.3) is 11.8 Å². The maximum Gasteiger partial charge on any atom is 0.258 e. The fourth-order valence-electron chi connectivity index (χ4n) is 3.64. The Bertz CT molecular complexity index is 965. The molecule has 1 aliphatic rings. The number of nitrogens with zero attached hydrogens (tertiary/aromatic N) is 1. The Labute approximate surface area is 182 Å². The first-order valence-electron chi connectivity index (χ1n) is 10.5. The zero-order valence-electron chi connectivity index (χ0n) is 18.2. The average Bonchev–Trinajstić information content (AvgIpc) is 2.74. The van der Waals surface area contributed by atoms with E-state index in [1.54, 1.807) is 29.2 Å². The van der Waals surface area contributed by atoms with Gasteiger partial charge >= 0.3 is 0 Å². The summed E-state index contributed by atoms with van der Waals surface area (Å²) in [6.07, 6.45) is 1.37. The Morgan fingerprint density at radius 1 is 1.06 bits per heavy atom. The Morgan fingerprint density at radius 2 is 1.77 bits per heavy atom. The van der Waals surface area contributed by atoms with E-state index in [-0.39, 0.29) is 30.4 Å². The van der Waals surface area contributed by atoms with E-state index in [2.05, 4.69) is 10.6 Å². The predicted molar refractivity (Wildman–Crippen MR) is 119 cm³/mol. The van der Waals surface area contributed by atoms with Crippen LogP contribution >= 0.6 is 0 Å². The van der Waals surface area contributed by atoms with Crippen LogP contribution in [0.25, 0.3) is 0 Å². The van der Waals surface area contributed by atoms with E-state index in [4.69, 9.17) is 4.74 Å². The number of nitrogens with one attached hydrogen (secondary N) is 2. The van der Waals surface area contributed by atoms with Gasteiger partial charge in [-0.2, -0.15) is 0 Å². The first-order valence-corrected chi connectivity index (χ1v) is 10.5. The number of anilines is 1. The summed E-state index contributed by atoms with van der Waals surface area (Å²) >= 11 is 0. The molecule has 31 heavy (non-hydrogen) atoms. The van der Waals surface area contributed by atoms with Crippen molar-refractivity contribution in [1.29, 1.82) is 0 Å². The van der Waals surface area contributed by atoms with Gasteiger partial charge in [-0.15, -0.1) is 0 Å². The van der Waals surface area contributed by atoms with E-state index in [1.807, 2.05) is 32.0 Å². The minimum atomic E-state index is -0.178. The molecule has 0 spiro atoms. The molecule has 1 heterocycles. The third-order valence-electron chi connectivity index (χ3n) is 5.49. The fourth-order valence-corrected chi connectivity index (χ4v) is 3.64. The van der Waals surface area contributed by atoms with Crippen LogP contribution in [-0.4, -0.2) is 48.4 Å². The minimum absolute atomic E-state index is 0.0180. The van der Waals surface area contributed by atoms with Crippen LogP contribution in [0.15, 0.2) is 42.5 Å². The summed E-state index contributed by atoms with van der Waals surface area (Å²) in [6, 6.07) is 12.7. The largest absolute Gasteiger partial charge is 0.483 e. The average molecular weight is 424 g/mol. The predicted octanol–water partition coefficient (Wildman–Crippen LogP) is 3.06. The summed E-state index contributed by atoms with van der Waals surface area (Å²) < 4.78 is 5.67. The van der Waals surface area contributed by atoms with Crippen LogP contribution in [0.3, 0.4) is 0 Å². The zero-order chi connectivity index (χ0) is 22.4. The molecular weight excluding hydrogens is 394 g/mol. The maximum absolute atomic E-state index is 12.8. The number of ether oxygens (including phenoxy) is 1. The molecule has 0 bridgehead atoms. The molecule has 0 aromatic heterocycles. The van der Waals surface area contributed by atoms with E-state index in [0.717, 1.165) is 16.9 Å². The van der Waals surface area contributed by atoms with Crippen molar-refractivity contribution in [2.24, 2.45) is 0 Å². The lowest BCUT2D eigenvalue weighted by Gasteiger charge is -2.32. The van der Waals surface area contributed by atoms with Crippen molar-refractivity contribution in [2.45, 2.75) is 39.7 Å². The molecule has 0 saturated carbocycles. The monoisotopic (exact) mass is 423 g/mol. The third kappa shape index (κ3) is 6.07. The van der Waals surface area contributed by atoms with Crippen molar-refractivity contribution in [3.8, 4) is 5.75 Å². The summed E-state index contributed by atoms with van der Waals surface area (Å²) in [5.41, 5.74) is 3.29. The molecule has 2 N–H and O–H groups in total. The number of likely N-dealkylation sites (tertiary alicyclic amines) is 1. The second-order valence-corrected chi connectivity index (χ2v) is 7.88. The zero-order valence-corrected chi connectivity index (χ0v) is 18.2. The van der Waals surface area contributed by atoms with Crippen molar-refractivity contribution in [1.82, 2.24) is 10.2 Å². The number of amides is 3. The van der Waals surface area contributed by atoms with Crippen molar-refractivity contribution >= 4 is 23.4 Å². The van der Waals surface area contributed by atoms with Crippen molar-refractivity contribution in [3.63, 3.8) is 0 Å². The summed E-state index contributed by atoms with van der Waals surface area (Å²) in [5.74, 6) is 0.309. The summed E-state index contributed by atoms with van der Waals surface area (Å²) in [5, 5.41) is 5.70. The number of benzene rings is 2. The molecule has 7 nitrogen and oxygen atoms in total. The lowest BCUT2D eigenvalue weighted by Crippen LogP contribution is -2.47. The molecule has 164 valence electrons. The number of hydrogen-bond donors (Lipinski definition) is 2. The highest BCUT2D eigenvalue weighted by atomic mass is 16.5. The van der Waals surface area contributed by atoms with Gasteiger partial charge in [0.2, 0.25) is 5.91 Å². The van der Waals surface area contributed by atoms with Gasteiger partial charge in [0, 0.05) is 37.3 Å². The maximum atomic E-state index is 12.8. The molecule has 7 heteroatoms. The van der Waals surface area contributed by atoms with E-state index < -0.39 is 0 Å². The van der Waals surface area contributed by atoms with Gasteiger partial charge in [-0.05, 0) is 62.1 Å². The second kappa shape index (κ2) is 10.1. The topological polar surface area (TPSA) is 87.7 Å². The molecule has 0 aliphatic carbocycles. The molecular formula is C24H29N3O4. The lowest BCUT2D eigenvalue weighted by atomic mass is 10.0. The second-order valence-electron chi connectivity index (χ2n) is 7.88. The van der Waals surface area contributed by atoms with Crippen LogP contribution in [0, 0.1) is 13.8 Å². The Hall–Kier alpha value is -3.35. The minimum Gasteiger partial charge on any atom is -0.483 e. The lowest BCUT2D eigenvalue weighted by molar-refractivity contribution is -0.124. The van der Waals surface area contributed by atoms with E-state index >= 15 is 0 Å². The van der Waals surface area contributed by atoms with Crippen molar-refractivity contribution in [3.05, 3.63) is 59.2 Å². The van der Waals surface area contributed by atoms with Gasteiger partial charge in [-0.3, -0.25) is 14.4 Å².